The molecule has 120 valence electrons. The molecule has 0 unspecified atom stereocenters. The molecule has 0 aliphatic carbocycles. The lowest BCUT2D eigenvalue weighted by Gasteiger charge is -2.21. The van der Waals surface area contributed by atoms with Crippen LogP contribution in [0.25, 0.3) is 0 Å². The molecule has 0 radical (unpaired) electrons. The third kappa shape index (κ3) is 4.27. The highest BCUT2D eigenvalue weighted by atomic mass is 35.5. The van der Waals surface area contributed by atoms with Crippen LogP contribution in [0.1, 0.15) is 26.3 Å². The Morgan fingerprint density at radius 2 is 2.18 bits per heavy atom. The maximum atomic E-state index is 11.7. The Hall–Kier alpha value is -1.95. The minimum absolute atomic E-state index is 0.203. The van der Waals surface area contributed by atoms with Crippen LogP contribution in [0.4, 0.5) is 15.3 Å². The van der Waals surface area contributed by atoms with Crippen LogP contribution in [0.2, 0.25) is 5.02 Å². The van der Waals surface area contributed by atoms with E-state index < -0.39 is 17.8 Å². The summed E-state index contributed by atoms with van der Waals surface area (Å²) in [4.78, 5) is 25.0. The number of hydrogen-bond donors (Lipinski definition) is 1. The summed E-state index contributed by atoms with van der Waals surface area (Å²) < 4.78 is 10.1. The van der Waals surface area contributed by atoms with Gasteiger partial charge in [0, 0.05) is 11.6 Å². The number of anilines is 1. The van der Waals surface area contributed by atoms with Crippen molar-refractivity contribution in [3.05, 3.63) is 28.8 Å². The Morgan fingerprint density at radius 3 is 2.77 bits per heavy atom. The van der Waals surface area contributed by atoms with Crippen molar-refractivity contribution < 1.29 is 19.1 Å². The van der Waals surface area contributed by atoms with E-state index in [1.165, 1.54) is 4.90 Å². The summed E-state index contributed by atoms with van der Waals surface area (Å²) in [7, 11) is 0. The molecule has 1 fully saturated rings. The van der Waals surface area contributed by atoms with E-state index in [1.807, 2.05) is 0 Å². The van der Waals surface area contributed by atoms with Crippen molar-refractivity contribution in [3.8, 4) is 0 Å². The minimum Gasteiger partial charge on any atom is -0.447 e. The first-order chi connectivity index (χ1) is 10.3. The molecule has 1 aromatic rings. The van der Waals surface area contributed by atoms with E-state index in [2.05, 4.69) is 5.32 Å². The fourth-order valence-corrected chi connectivity index (χ4v) is 2.25. The zero-order chi connectivity index (χ0) is 16.3. The zero-order valence-electron chi connectivity index (χ0n) is 12.8. The highest BCUT2D eigenvalue weighted by Crippen LogP contribution is 2.26. The number of hydrogen-bond acceptors (Lipinski definition) is 4. The van der Waals surface area contributed by atoms with Crippen LogP contribution >= 0.6 is 11.6 Å². The first kappa shape index (κ1) is 16.4. The van der Waals surface area contributed by atoms with Crippen molar-refractivity contribution in [2.45, 2.75) is 32.9 Å². The average molecular weight is 327 g/mol. The monoisotopic (exact) mass is 326 g/mol. The number of rotatable bonds is 3. The fourth-order valence-electron chi connectivity index (χ4n) is 2.05. The van der Waals surface area contributed by atoms with Crippen molar-refractivity contribution in [2.75, 3.05) is 18.1 Å². The summed E-state index contributed by atoms with van der Waals surface area (Å²) in [6.45, 7) is 6.39. The third-order valence-electron chi connectivity index (χ3n) is 2.92. The minimum atomic E-state index is -0.569. The van der Waals surface area contributed by atoms with Crippen molar-refractivity contribution in [2.24, 2.45) is 0 Å². The molecule has 2 rings (SSSR count). The maximum absolute atomic E-state index is 11.7. The maximum Gasteiger partial charge on any atom is 0.414 e. The smallest absolute Gasteiger partial charge is 0.414 e. The number of alkyl carbamates (subject to hydrolysis) is 1. The number of nitrogens with one attached hydrogen (secondary N) is 1. The van der Waals surface area contributed by atoms with Gasteiger partial charge in [0.2, 0.25) is 0 Å². The molecule has 0 atom stereocenters. The normalized spacial score (nSPS) is 14.7. The zero-order valence-corrected chi connectivity index (χ0v) is 13.6. The number of halogens is 1. The molecule has 0 bridgehead atoms. The van der Waals surface area contributed by atoms with Crippen LogP contribution in [-0.4, -0.2) is 30.9 Å². The van der Waals surface area contributed by atoms with Gasteiger partial charge >= 0.3 is 12.2 Å². The summed E-state index contributed by atoms with van der Waals surface area (Å²) in [5.74, 6) is 0. The first-order valence-electron chi connectivity index (χ1n) is 6.96. The van der Waals surface area contributed by atoms with E-state index in [9.17, 15) is 9.59 Å². The van der Waals surface area contributed by atoms with Gasteiger partial charge in [0.05, 0.1) is 12.2 Å². The topological polar surface area (TPSA) is 67.9 Å². The number of carbonyl (C=O) groups excluding carboxylic acids is 2. The summed E-state index contributed by atoms with van der Waals surface area (Å²) in [6.07, 6.45) is -0.928. The SMILES string of the molecule is CC(C)(C)OC(=O)NCc1cc(Cl)ccc1N1CCOC1=O. The molecular formula is C15H19ClN2O4. The predicted octanol–water partition coefficient (Wildman–Crippen LogP) is 3.32. The molecule has 1 aliphatic rings. The van der Waals surface area contributed by atoms with Gasteiger partial charge in [-0.05, 0) is 44.5 Å². The summed E-state index contributed by atoms with van der Waals surface area (Å²) in [6, 6.07) is 5.14. The average Bonchev–Trinajstić information content (AvgIpc) is 2.81. The first-order valence-corrected chi connectivity index (χ1v) is 7.33. The molecule has 1 heterocycles. The van der Waals surface area contributed by atoms with Gasteiger partial charge in [-0.1, -0.05) is 11.6 Å². The van der Waals surface area contributed by atoms with Crippen molar-refractivity contribution >= 4 is 29.5 Å². The van der Waals surface area contributed by atoms with Gasteiger partial charge in [-0.3, -0.25) is 4.90 Å². The highest BCUT2D eigenvalue weighted by molar-refractivity contribution is 6.30. The molecule has 2 amide bonds. The fraction of sp³-hybridized carbons (Fsp3) is 0.467. The van der Waals surface area contributed by atoms with E-state index in [-0.39, 0.29) is 6.54 Å². The molecule has 0 aromatic heterocycles. The Bertz CT molecular complexity index is 583. The Morgan fingerprint density at radius 1 is 1.45 bits per heavy atom. The number of benzene rings is 1. The van der Waals surface area contributed by atoms with Gasteiger partial charge < -0.3 is 14.8 Å². The quantitative estimate of drug-likeness (QED) is 0.925. The second-order valence-corrected chi connectivity index (χ2v) is 6.33. The lowest BCUT2D eigenvalue weighted by Crippen LogP contribution is -2.33. The predicted molar refractivity (Wildman–Crippen MR) is 83.2 cm³/mol. The van der Waals surface area contributed by atoms with E-state index in [4.69, 9.17) is 21.1 Å². The molecular weight excluding hydrogens is 308 g/mol. The van der Waals surface area contributed by atoms with Crippen molar-refractivity contribution in [1.82, 2.24) is 5.32 Å². The lowest BCUT2D eigenvalue weighted by atomic mass is 10.1. The van der Waals surface area contributed by atoms with Crippen LogP contribution in [0, 0.1) is 0 Å². The van der Waals surface area contributed by atoms with Crippen LogP contribution < -0.4 is 10.2 Å². The molecule has 1 N–H and O–H groups in total. The standard InChI is InChI=1S/C15H19ClN2O4/c1-15(2,3)22-13(19)17-9-10-8-11(16)4-5-12(10)18-6-7-21-14(18)20/h4-5,8H,6-7,9H2,1-3H3,(H,17,19). The lowest BCUT2D eigenvalue weighted by molar-refractivity contribution is 0.0523. The van der Waals surface area contributed by atoms with E-state index >= 15 is 0 Å². The molecule has 22 heavy (non-hydrogen) atoms. The number of ether oxygens (including phenoxy) is 2. The molecule has 1 saturated heterocycles. The van der Waals surface area contributed by atoms with E-state index in [0.29, 0.717) is 23.9 Å². The molecule has 6 nitrogen and oxygen atoms in total. The molecule has 0 spiro atoms. The van der Waals surface area contributed by atoms with Gasteiger partial charge in [-0.25, -0.2) is 9.59 Å². The molecule has 0 saturated carbocycles. The summed E-state index contributed by atoms with van der Waals surface area (Å²) in [5.41, 5.74) is 0.820. The van der Waals surface area contributed by atoms with Crippen LogP contribution in [0.5, 0.6) is 0 Å². The molecule has 1 aromatic carbocycles. The van der Waals surface area contributed by atoms with Gasteiger partial charge in [-0.2, -0.15) is 0 Å². The van der Waals surface area contributed by atoms with Gasteiger partial charge in [0.1, 0.15) is 12.2 Å². The van der Waals surface area contributed by atoms with E-state index in [1.54, 1.807) is 39.0 Å². The number of nitrogens with zero attached hydrogens (tertiary/aromatic N) is 1. The Balaban J connectivity index is 2.11. The second kappa shape index (κ2) is 6.44. The Kier molecular flexibility index (Phi) is 4.81. The van der Waals surface area contributed by atoms with E-state index in [0.717, 1.165) is 5.56 Å². The van der Waals surface area contributed by atoms with Gasteiger partial charge in [0.25, 0.3) is 0 Å². The highest BCUT2D eigenvalue weighted by Gasteiger charge is 2.26. The largest absolute Gasteiger partial charge is 0.447 e. The number of amides is 2. The van der Waals surface area contributed by atoms with Gasteiger partial charge in [-0.15, -0.1) is 0 Å². The molecule has 1 aliphatic heterocycles. The number of cyclic esters (lactones) is 1. The van der Waals surface area contributed by atoms with Crippen LogP contribution in [0.3, 0.4) is 0 Å². The number of carbonyl (C=O) groups is 2. The van der Waals surface area contributed by atoms with Crippen LogP contribution in [-0.2, 0) is 16.0 Å². The summed E-state index contributed by atoms with van der Waals surface area (Å²) in [5, 5.41) is 3.19. The van der Waals surface area contributed by atoms with Gasteiger partial charge in [0.15, 0.2) is 0 Å². The Labute approximate surface area is 134 Å². The summed E-state index contributed by atoms with van der Waals surface area (Å²) >= 11 is 6.00. The second-order valence-electron chi connectivity index (χ2n) is 5.89. The van der Waals surface area contributed by atoms with Crippen molar-refractivity contribution in [1.29, 1.82) is 0 Å². The van der Waals surface area contributed by atoms with Crippen molar-refractivity contribution in [3.63, 3.8) is 0 Å². The third-order valence-corrected chi connectivity index (χ3v) is 3.15. The van der Waals surface area contributed by atoms with Crippen LogP contribution in [0.15, 0.2) is 18.2 Å². The molecule has 7 heteroatoms.